The number of hydrogen-bond donors (Lipinski definition) is 3. The Kier molecular flexibility index (Phi) is 7.11. The monoisotopic (exact) mass is 462 g/mol. The van der Waals surface area contributed by atoms with Crippen LogP contribution in [-0.2, 0) is 0 Å². The van der Waals surface area contributed by atoms with Gasteiger partial charge in [-0.3, -0.25) is 4.79 Å². The third kappa shape index (κ3) is 6.84. The van der Waals surface area contributed by atoms with Gasteiger partial charge in [-0.1, -0.05) is 6.07 Å². The van der Waals surface area contributed by atoms with Crippen molar-refractivity contribution in [2.24, 2.45) is 0 Å². The molecule has 0 radical (unpaired) electrons. The summed E-state index contributed by atoms with van der Waals surface area (Å²) in [4.78, 5) is 15.7. The molecule has 1 amide bonds. The van der Waals surface area contributed by atoms with Crippen LogP contribution in [0.15, 0.2) is 66.9 Å². The molecule has 0 aliphatic heterocycles. The number of carbonyl (C=O) groups is 1. The van der Waals surface area contributed by atoms with Crippen molar-refractivity contribution in [3.05, 3.63) is 72.4 Å². The molecule has 0 aliphatic rings. The minimum atomic E-state index is -4.75. The average Bonchev–Trinajstić information content (AvgIpc) is 2.74. The van der Waals surface area contributed by atoms with Crippen LogP contribution in [0.1, 0.15) is 10.4 Å². The van der Waals surface area contributed by atoms with Crippen LogP contribution in [0.5, 0.6) is 17.4 Å². The van der Waals surface area contributed by atoms with Crippen molar-refractivity contribution in [3.63, 3.8) is 0 Å². The second kappa shape index (κ2) is 9.96. The van der Waals surface area contributed by atoms with Crippen LogP contribution in [0.25, 0.3) is 0 Å². The minimum absolute atomic E-state index is 0.222. The largest absolute Gasteiger partial charge is 0.573 e. The molecular weight excluding hydrogens is 445 g/mol. The van der Waals surface area contributed by atoms with Crippen LogP contribution in [0, 0.1) is 0 Å². The lowest BCUT2D eigenvalue weighted by Gasteiger charge is -2.13. The number of halogens is 3. The van der Waals surface area contributed by atoms with Crippen LogP contribution in [0.2, 0.25) is 0 Å². The number of thiocarbonyl (C=S) groups is 1. The van der Waals surface area contributed by atoms with E-state index < -0.39 is 6.36 Å². The number of carbonyl (C=O) groups excluding carboxylic acids is 1. The summed E-state index contributed by atoms with van der Waals surface area (Å²) in [7, 11) is 1.53. The van der Waals surface area contributed by atoms with Gasteiger partial charge in [0.25, 0.3) is 5.91 Å². The third-order valence-corrected chi connectivity index (χ3v) is 4.09. The molecule has 0 atom stereocenters. The molecule has 1 aromatic heterocycles. The summed E-state index contributed by atoms with van der Waals surface area (Å²) in [6.45, 7) is 0. The summed E-state index contributed by atoms with van der Waals surface area (Å²) in [5.41, 5.74) is 1.49. The third-order valence-electron chi connectivity index (χ3n) is 3.89. The molecule has 7 nitrogen and oxygen atoms in total. The van der Waals surface area contributed by atoms with E-state index in [-0.39, 0.29) is 16.8 Å². The first-order valence-electron chi connectivity index (χ1n) is 9.12. The SMILES string of the molecule is CNC(=O)c1ccc(Oc2cccc(NC(=S)Nc3ccc(OC(F)(F)F)cc3)c2)nc1. The maximum Gasteiger partial charge on any atom is 0.573 e. The number of nitrogens with one attached hydrogen (secondary N) is 3. The fraction of sp³-hybridized carbons (Fsp3) is 0.0952. The van der Waals surface area contributed by atoms with E-state index >= 15 is 0 Å². The summed E-state index contributed by atoms with van der Waals surface area (Å²) >= 11 is 5.24. The lowest BCUT2D eigenvalue weighted by molar-refractivity contribution is -0.274. The quantitative estimate of drug-likeness (QED) is 0.448. The van der Waals surface area contributed by atoms with E-state index in [9.17, 15) is 18.0 Å². The molecule has 3 N–H and O–H groups in total. The van der Waals surface area contributed by atoms with Crippen LogP contribution in [0.3, 0.4) is 0 Å². The van der Waals surface area contributed by atoms with Crippen LogP contribution in [0.4, 0.5) is 24.5 Å². The van der Waals surface area contributed by atoms with Gasteiger partial charge in [0, 0.05) is 36.8 Å². The lowest BCUT2D eigenvalue weighted by atomic mass is 10.2. The van der Waals surface area contributed by atoms with Gasteiger partial charge in [0.2, 0.25) is 5.88 Å². The van der Waals surface area contributed by atoms with E-state index in [4.69, 9.17) is 17.0 Å². The molecule has 0 bridgehead atoms. The average molecular weight is 462 g/mol. The van der Waals surface area contributed by atoms with Crippen molar-refractivity contribution in [2.45, 2.75) is 6.36 Å². The molecular formula is C21H17F3N4O3S. The highest BCUT2D eigenvalue weighted by molar-refractivity contribution is 7.80. The number of nitrogens with zero attached hydrogens (tertiary/aromatic N) is 1. The van der Waals surface area contributed by atoms with Gasteiger partial charge in [-0.05, 0) is 54.7 Å². The van der Waals surface area contributed by atoms with E-state index in [0.29, 0.717) is 28.6 Å². The van der Waals surface area contributed by atoms with Crippen LogP contribution in [-0.4, -0.2) is 29.4 Å². The molecule has 0 saturated carbocycles. The molecule has 0 fully saturated rings. The molecule has 1 heterocycles. The van der Waals surface area contributed by atoms with E-state index in [1.54, 1.807) is 36.4 Å². The van der Waals surface area contributed by atoms with Gasteiger partial charge in [0.15, 0.2) is 5.11 Å². The molecule has 0 unspecified atom stereocenters. The molecule has 3 rings (SSSR count). The molecule has 32 heavy (non-hydrogen) atoms. The van der Waals surface area contributed by atoms with Gasteiger partial charge in [0.05, 0.1) is 5.56 Å². The highest BCUT2D eigenvalue weighted by Gasteiger charge is 2.30. The normalized spacial score (nSPS) is 10.8. The second-order valence-corrected chi connectivity index (χ2v) is 6.65. The summed E-state index contributed by atoms with van der Waals surface area (Å²) < 4.78 is 46.2. The zero-order valence-electron chi connectivity index (χ0n) is 16.6. The van der Waals surface area contributed by atoms with Gasteiger partial charge in [-0.25, -0.2) is 4.98 Å². The molecule has 11 heteroatoms. The Morgan fingerprint density at radius 3 is 2.31 bits per heavy atom. The molecule has 0 aliphatic carbocycles. The first-order chi connectivity index (χ1) is 15.2. The van der Waals surface area contributed by atoms with Crippen molar-refractivity contribution >= 4 is 34.6 Å². The second-order valence-electron chi connectivity index (χ2n) is 6.25. The number of rotatable bonds is 6. The van der Waals surface area contributed by atoms with Gasteiger partial charge in [-0.2, -0.15) is 0 Å². The Morgan fingerprint density at radius 1 is 0.969 bits per heavy atom. The summed E-state index contributed by atoms with van der Waals surface area (Å²) in [5, 5.41) is 8.55. The molecule has 0 saturated heterocycles. The standard InChI is InChI=1S/C21H17F3N4O3S/c1-25-19(29)13-5-10-18(26-12-13)30-17-4-2-3-15(11-17)28-20(32)27-14-6-8-16(9-7-14)31-21(22,23)24/h2-12H,1H3,(H,25,29)(H2,27,28,32). The van der Waals surface area contributed by atoms with Crippen molar-refractivity contribution in [1.82, 2.24) is 10.3 Å². The molecule has 0 spiro atoms. The minimum Gasteiger partial charge on any atom is -0.439 e. The van der Waals surface area contributed by atoms with Gasteiger partial charge in [0.1, 0.15) is 11.5 Å². The Balaban J connectivity index is 1.58. The highest BCUT2D eigenvalue weighted by Crippen LogP contribution is 2.25. The number of anilines is 2. The Labute approximate surface area is 186 Å². The van der Waals surface area contributed by atoms with Crippen molar-refractivity contribution in [1.29, 1.82) is 0 Å². The Morgan fingerprint density at radius 2 is 1.69 bits per heavy atom. The number of alkyl halides is 3. The topological polar surface area (TPSA) is 84.5 Å². The van der Waals surface area contributed by atoms with Crippen molar-refractivity contribution in [2.75, 3.05) is 17.7 Å². The van der Waals surface area contributed by atoms with E-state index in [1.165, 1.54) is 37.5 Å². The predicted octanol–water partition coefficient (Wildman–Crippen LogP) is 4.94. The molecule has 2 aromatic carbocycles. The van der Waals surface area contributed by atoms with E-state index in [0.717, 1.165) is 0 Å². The maximum absolute atomic E-state index is 12.2. The smallest absolute Gasteiger partial charge is 0.439 e. The number of amides is 1. The van der Waals surface area contributed by atoms with Gasteiger partial charge >= 0.3 is 6.36 Å². The molecule has 3 aromatic rings. The lowest BCUT2D eigenvalue weighted by Crippen LogP contribution is -2.19. The fourth-order valence-electron chi connectivity index (χ4n) is 2.51. The highest BCUT2D eigenvalue weighted by atomic mass is 32.1. The van der Waals surface area contributed by atoms with E-state index in [1.807, 2.05) is 0 Å². The summed E-state index contributed by atoms with van der Waals surface area (Å²) in [6, 6.07) is 15.2. The van der Waals surface area contributed by atoms with Crippen molar-refractivity contribution in [3.8, 4) is 17.4 Å². The number of aromatic nitrogens is 1. The first-order valence-corrected chi connectivity index (χ1v) is 9.52. The maximum atomic E-state index is 12.2. The summed E-state index contributed by atoms with van der Waals surface area (Å²) in [6.07, 6.45) is -3.35. The Bertz CT molecular complexity index is 1090. The van der Waals surface area contributed by atoms with Gasteiger partial charge < -0.3 is 25.4 Å². The molecule has 166 valence electrons. The van der Waals surface area contributed by atoms with E-state index in [2.05, 4.69) is 25.7 Å². The summed E-state index contributed by atoms with van der Waals surface area (Å²) in [5.74, 6) is 0.200. The Hall–Kier alpha value is -3.86. The number of ether oxygens (including phenoxy) is 2. The first kappa shape index (κ1) is 22.8. The number of benzene rings is 2. The fourth-order valence-corrected chi connectivity index (χ4v) is 2.75. The zero-order valence-corrected chi connectivity index (χ0v) is 17.4. The predicted molar refractivity (Wildman–Crippen MR) is 117 cm³/mol. The van der Waals surface area contributed by atoms with Gasteiger partial charge in [-0.15, -0.1) is 13.2 Å². The van der Waals surface area contributed by atoms with Crippen LogP contribution < -0.4 is 25.4 Å². The van der Waals surface area contributed by atoms with Crippen molar-refractivity contribution < 1.29 is 27.4 Å². The zero-order chi connectivity index (χ0) is 23.1. The van der Waals surface area contributed by atoms with Crippen LogP contribution >= 0.6 is 12.2 Å². The number of pyridine rings is 1. The number of hydrogen-bond acceptors (Lipinski definition) is 5.